The summed E-state index contributed by atoms with van der Waals surface area (Å²) < 4.78 is 13.0. The first kappa shape index (κ1) is 19.0. The molecule has 0 aliphatic rings. The van der Waals surface area contributed by atoms with Crippen LogP contribution in [0.4, 0.5) is 10.1 Å². The highest BCUT2D eigenvalue weighted by molar-refractivity contribution is 6.35. The van der Waals surface area contributed by atoms with Crippen LogP contribution in [0.1, 0.15) is 25.5 Å². The molecule has 24 heavy (non-hydrogen) atoms. The lowest BCUT2D eigenvalue weighted by atomic mass is 10.1. The number of hydrogen-bond donors (Lipinski definition) is 2. The van der Waals surface area contributed by atoms with Crippen LogP contribution in [0.3, 0.4) is 0 Å². The number of benzene rings is 2. The zero-order chi connectivity index (χ0) is 17.9. The van der Waals surface area contributed by atoms with Gasteiger partial charge in [-0.15, -0.1) is 0 Å². The van der Waals surface area contributed by atoms with Gasteiger partial charge in [-0.2, -0.15) is 0 Å². The van der Waals surface area contributed by atoms with Crippen molar-refractivity contribution in [3.8, 4) is 0 Å². The molecule has 3 nitrogen and oxygen atoms in total. The van der Waals surface area contributed by atoms with E-state index in [1.807, 2.05) is 18.3 Å². The van der Waals surface area contributed by atoms with E-state index in [1.165, 1.54) is 12.1 Å². The van der Waals surface area contributed by atoms with Crippen molar-refractivity contribution in [2.45, 2.75) is 25.9 Å². The van der Waals surface area contributed by atoms with Crippen LogP contribution >= 0.6 is 34.8 Å². The van der Waals surface area contributed by atoms with Gasteiger partial charge in [0.05, 0.1) is 15.7 Å². The third-order valence-electron chi connectivity index (χ3n) is 3.63. The van der Waals surface area contributed by atoms with Crippen molar-refractivity contribution in [1.82, 2.24) is 0 Å². The molecule has 0 heterocycles. The van der Waals surface area contributed by atoms with Crippen molar-refractivity contribution in [1.29, 1.82) is 0 Å². The van der Waals surface area contributed by atoms with Gasteiger partial charge in [0.1, 0.15) is 11.9 Å². The minimum Gasteiger partial charge on any atom is -0.330 e. The predicted molar refractivity (Wildman–Crippen MR) is 96.3 cm³/mol. The Morgan fingerprint density at radius 2 is 1.79 bits per heavy atom. The summed E-state index contributed by atoms with van der Waals surface area (Å²) in [7, 11) is 0. The normalized spacial score (nSPS) is 13.4. The van der Waals surface area contributed by atoms with Gasteiger partial charge in [0.15, 0.2) is 6.04 Å². The number of halogens is 4. The smallest absolute Gasteiger partial charge is 0.282 e. The van der Waals surface area contributed by atoms with Gasteiger partial charge in [-0.3, -0.25) is 4.79 Å². The molecule has 1 amide bonds. The molecule has 128 valence electrons. The van der Waals surface area contributed by atoms with E-state index in [-0.39, 0.29) is 17.0 Å². The van der Waals surface area contributed by atoms with Crippen molar-refractivity contribution in [3.05, 3.63) is 62.8 Å². The highest BCUT2D eigenvalue weighted by atomic mass is 35.5. The molecule has 0 unspecified atom stereocenters. The van der Waals surface area contributed by atoms with Crippen LogP contribution < -0.4 is 10.6 Å². The molecule has 2 aromatic rings. The van der Waals surface area contributed by atoms with E-state index in [9.17, 15) is 9.18 Å². The van der Waals surface area contributed by atoms with Crippen molar-refractivity contribution >= 4 is 46.4 Å². The lowest BCUT2D eigenvalue weighted by molar-refractivity contribution is -0.709. The van der Waals surface area contributed by atoms with E-state index in [1.54, 1.807) is 19.1 Å². The minimum absolute atomic E-state index is 0.0424. The molecular formula is C17H17Cl3FN2O+. The molecule has 0 spiro atoms. The van der Waals surface area contributed by atoms with E-state index in [0.29, 0.717) is 15.7 Å². The molecule has 0 aliphatic carbocycles. The van der Waals surface area contributed by atoms with Crippen LogP contribution in [0.5, 0.6) is 0 Å². The van der Waals surface area contributed by atoms with E-state index in [2.05, 4.69) is 5.32 Å². The number of nitrogens with one attached hydrogen (secondary N) is 1. The second-order valence-corrected chi connectivity index (χ2v) is 6.80. The standard InChI is InChI=1S/C17H16Cl3FN2O/c1-9(13-5-3-11(18)7-14(13)19)22-10(2)17(24)23-16-6-4-12(21)8-15(16)20/h3-10,22H,1-2H3,(H,23,24)/p+1/t9-,10-/m0/s1. The highest BCUT2D eigenvalue weighted by Crippen LogP contribution is 2.25. The lowest BCUT2D eigenvalue weighted by Gasteiger charge is -2.18. The number of hydrogen-bond acceptors (Lipinski definition) is 1. The molecule has 0 radical (unpaired) electrons. The quantitative estimate of drug-likeness (QED) is 0.779. The number of amides is 1. The first-order chi connectivity index (χ1) is 11.3. The highest BCUT2D eigenvalue weighted by Gasteiger charge is 2.22. The van der Waals surface area contributed by atoms with E-state index in [0.717, 1.165) is 11.6 Å². The molecule has 3 N–H and O–H groups in total. The zero-order valence-corrected chi connectivity index (χ0v) is 15.4. The van der Waals surface area contributed by atoms with Gasteiger partial charge in [-0.1, -0.05) is 40.9 Å². The lowest BCUT2D eigenvalue weighted by Crippen LogP contribution is -2.91. The third-order valence-corrected chi connectivity index (χ3v) is 4.51. The van der Waals surface area contributed by atoms with Gasteiger partial charge in [0.25, 0.3) is 5.91 Å². The Hall–Kier alpha value is -1.33. The molecule has 0 aromatic heterocycles. The fourth-order valence-corrected chi connectivity index (χ4v) is 3.13. The molecule has 7 heteroatoms. The van der Waals surface area contributed by atoms with Gasteiger partial charge in [-0.25, -0.2) is 4.39 Å². The molecule has 2 rings (SSSR count). The molecule has 2 aromatic carbocycles. The summed E-state index contributed by atoms with van der Waals surface area (Å²) in [5.41, 5.74) is 1.26. The number of nitrogens with two attached hydrogens (primary N) is 1. The van der Waals surface area contributed by atoms with Crippen LogP contribution in [0.15, 0.2) is 36.4 Å². The summed E-state index contributed by atoms with van der Waals surface area (Å²) >= 11 is 18.0. The first-order valence-corrected chi connectivity index (χ1v) is 8.47. The summed E-state index contributed by atoms with van der Waals surface area (Å²) in [5, 5.41) is 5.85. The van der Waals surface area contributed by atoms with Gasteiger partial charge in [0, 0.05) is 10.6 Å². The average Bonchev–Trinajstić information content (AvgIpc) is 2.49. The van der Waals surface area contributed by atoms with Crippen molar-refractivity contribution in [2.24, 2.45) is 0 Å². The first-order valence-electron chi connectivity index (χ1n) is 7.33. The summed E-state index contributed by atoms with van der Waals surface area (Å²) in [6.07, 6.45) is 0. The van der Waals surface area contributed by atoms with Gasteiger partial charge in [0.2, 0.25) is 0 Å². The maximum absolute atomic E-state index is 13.0. The van der Waals surface area contributed by atoms with Crippen LogP contribution in [0, 0.1) is 5.82 Å². The Kier molecular flexibility index (Phi) is 6.47. The van der Waals surface area contributed by atoms with Crippen LogP contribution in [-0.4, -0.2) is 11.9 Å². The number of carbonyl (C=O) groups excluding carboxylic acids is 1. The van der Waals surface area contributed by atoms with Crippen LogP contribution in [0.25, 0.3) is 0 Å². The molecule has 0 aliphatic heterocycles. The number of anilines is 1. The number of rotatable bonds is 5. The average molecular weight is 391 g/mol. The summed E-state index contributed by atoms with van der Waals surface area (Å²) in [6.45, 7) is 3.72. The fourth-order valence-electron chi connectivity index (χ4n) is 2.33. The molecule has 0 bridgehead atoms. The van der Waals surface area contributed by atoms with Crippen LogP contribution in [-0.2, 0) is 4.79 Å². The summed E-state index contributed by atoms with van der Waals surface area (Å²) in [6, 6.07) is 8.66. The maximum Gasteiger partial charge on any atom is 0.282 e. The van der Waals surface area contributed by atoms with E-state index < -0.39 is 11.9 Å². The molecule has 0 saturated heterocycles. The zero-order valence-electron chi connectivity index (χ0n) is 13.1. The predicted octanol–water partition coefficient (Wildman–Crippen LogP) is 4.44. The SMILES string of the molecule is C[C@H]([NH2+][C@@H](C)c1ccc(Cl)cc1Cl)C(=O)Nc1ccc(F)cc1Cl. The monoisotopic (exact) mass is 389 g/mol. The Labute approximate surface area is 155 Å². The third kappa shape index (κ3) is 4.84. The largest absolute Gasteiger partial charge is 0.330 e. The Bertz CT molecular complexity index is 755. The molecule has 2 atom stereocenters. The second-order valence-electron chi connectivity index (χ2n) is 5.55. The molecular weight excluding hydrogens is 374 g/mol. The summed E-state index contributed by atoms with van der Waals surface area (Å²) in [4.78, 5) is 12.3. The summed E-state index contributed by atoms with van der Waals surface area (Å²) in [5.74, 6) is -0.691. The Morgan fingerprint density at radius 1 is 1.08 bits per heavy atom. The van der Waals surface area contributed by atoms with Crippen LogP contribution in [0.2, 0.25) is 15.1 Å². The van der Waals surface area contributed by atoms with Crippen molar-refractivity contribution in [3.63, 3.8) is 0 Å². The number of carbonyl (C=O) groups is 1. The topological polar surface area (TPSA) is 45.7 Å². The van der Waals surface area contributed by atoms with Gasteiger partial charge < -0.3 is 10.6 Å². The van der Waals surface area contributed by atoms with Gasteiger partial charge in [-0.05, 0) is 44.2 Å². The van der Waals surface area contributed by atoms with E-state index >= 15 is 0 Å². The maximum atomic E-state index is 13.0. The van der Waals surface area contributed by atoms with Gasteiger partial charge >= 0.3 is 0 Å². The number of quaternary nitrogens is 1. The van der Waals surface area contributed by atoms with Crippen molar-refractivity contribution in [2.75, 3.05) is 5.32 Å². The second kappa shape index (κ2) is 8.17. The molecule has 0 saturated carbocycles. The minimum atomic E-state index is -0.455. The molecule has 0 fully saturated rings. The Balaban J connectivity index is 2.02. The van der Waals surface area contributed by atoms with Crippen molar-refractivity contribution < 1.29 is 14.5 Å². The van der Waals surface area contributed by atoms with E-state index in [4.69, 9.17) is 34.8 Å². The fraction of sp³-hybridized carbons (Fsp3) is 0.235. The Morgan fingerprint density at radius 3 is 2.42 bits per heavy atom.